The highest BCUT2D eigenvalue weighted by Gasteiger charge is 2.32. The van der Waals surface area contributed by atoms with Crippen molar-refractivity contribution < 1.29 is 4.79 Å². The summed E-state index contributed by atoms with van der Waals surface area (Å²) >= 11 is 0. The summed E-state index contributed by atoms with van der Waals surface area (Å²) in [5.74, 6) is 1.71. The fourth-order valence-corrected chi connectivity index (χ4v) is 2.52. The van der Waals surface area contributed by atoms with Crippen molar-refractivity contribution in [3.8, 4) is 0 Å². The summed E-state index contributed by atoms with van der Waals surface area (Å²) < 4.78 is 0. The van der Waals surface area contributed by atoms with E-state index in [1.807, 2.05) is 45.0 Å². The summed E-state index contributed by atoms with van der Waals surface area (Å²) in [6, 6.07) is 7.38. The van der Waals surface area contributed by atoms with E-state index in [4.69, 9.17) is 0 Å². The summed E-state index contributed by atoms with van der Waals surface area (Å²) in [7, 11) is 0. The summed E-state index contributed by atoms with van der Waals surface area (Å²) in [5.41, 5.74) is 1.59. The van der Waals surface area contributed by atoms with E-state index < -0.39 is 5.54 Å². The minimum atomic E-state index is -0.903. The average molecular weight is 337 g/mol. The molecule has 0 aromatic carbocycles. The molecule has 0 radical (unpaired) electrons. The van der Waals surface area contributed by atoms with Crippen LogP contribution in [0.15, 0.2) is 36.7 Å². The third kappa shape index (κ3) is 3.47. The van der Waals surface area contributed by atoms with Crippen molar-refractivity contribution in [3.05, 3.63) is 59.4 Å². The van der Waals surface area contributed by atoms with Crippen LogP contribution in [0.5, 0.6) is 0 Å². The molecule has 1 atom stereocenters. The van der Waals surface area contributed by atoms with Crippen molar-refractivity contribution >= 4 is 18.0 Å². The van der Waals surface area contributed by atoms with Gasteiger partial charge in [0.15, 0.2) is 11.6 Å². The number of pyridine rings is 1. The summed E-state index contributed by atoms with van der Waals surface area (Å²) in [6.07, 6.45) is 4.00. The Balaban J connectivity index is 2.03. The number of anilines is 2. The predicted molar refractivity (Wildman–Crippen MR) is 93.3 cm³/mol. The van der Waals surface area contributed by atoms with E-state index in [1.165, 1.54) is 0 Å². The van der Waals surface area contributed by atoms with Crippen molar-refractivity contribution in [1.82, 2.24) is 30.5 Å². The lowest BCUT2D eigenvalue weighted by atomic mass is 9.92. The molecule has 1 amide bonds. The minimum Gasteiger partial charge on any atom is -0.342 e. The molecule has 0 spiro atoms. The largest absolute Gasteiger partial charge is 0.342 e. The van der Waals surface area contributed by atoms with E-state index in [0.29, 0.717) is 23.9 Å². The molecule has 25 heavy (non-hydrogen) atoms. The fourth-order valence-electron chi connectivity index (χ4n) is 2.52. The molecule has 0 saturated heterocycles. The van der Waals surface area contributed by atoms with Gasteiger partial charge in [0, 0.05) is 41.5 Å². The van der Waals surface area contributed by atoms with Crippen molar-refractivity contribution in [2.75, 3.05) is 5.32 Å². The Labute approximate surface area is 145 Å². The lowest BCUT2D eigenvalue weighted by molar-refractivity contribution is -0.110. The molecule has 0 aliphatic carbocycles. The molecular weight excluding hydrogens is 318 g/mol. The molecule has 8 nitrogen and oxygen atoms in total. The van der Waals surface area contributed by atoms with Crippen molar-refractivity contribution in [1.29, 1.82) is 0 Å². The van der Waals surface area contributed by atoms with E-state index in [9.17, 15) is 4.79 Å². The monoisotopic (exact) mass is 337 g/mol. The second-order valence-electron chi connectivity index (χ2n) is 5.91. The SMILES string of the molecule is Cc1cc(Nc2cc(C)[nH]n2)nc([C@@](C)(NC=O)c2cccnc2)n1. The van der Waals surface area contributed by atoms with E-state index in [-0.39, 0.29) is 0 Å². The smallest absolute Gasteiger partial charge is 0.208 e. The number of aromatic amines is 1. The van der Waals surface area contributed by atoms with Gasteiger partial charge in [0.2, 0.25) is 6.41 Å². The Morgan fingerprint density at radius 2 is 2.04 bits per heavy atom. The standard InChI is InChI=1S/C17H19N7O/c1-11-7-14(21-15-8-12(2)23-24-15)22-16(20-11)17(3,19-10-25)13-5-4-6-18-9-13/h4-10H,1-3H3,(H,19,25)(H2,20,21,22,23,24)/t17-/m0/s1. The molecule has 3 heterocycles. The summed E-state index contributed by atoms with van der Waals surface area (Å²) in [6.45, 7) is 5.63. The Hall–Kier alpha value is -3.29. The van der Waals surface area contributed by atoms with E-state index >= 15 is 0 Å². The maximum atomic E-state index is 11.2. The molecule has 0 bridgehead atoms. The molecule has 0 fully saturated rings. The number of aromatic nitrogens is 5. The van der Waals surface area contributed by atoms with Gasteiger partial charge in [-0.3, -0.25) is 14.9 Å². The third-order valence-electron chi connectivity index (χ3n) is 3.85. The van der Waals surface area contributed by atoms with Gasteiger partial charge in [-0.25, -0.2) is 9.97 Å². The number of hydrogen-bond acceptors (Lipinski definition) is 6. The number of nitrogens with one attached hydrogen (secondary N) is 3. The van der Waals surface area contributed by atoms with Crippen LogP contribution in [0.1, 0.15) is 29.7 Å². The van der Waals surface area contributed by atoms with E-state index in [2.05, 4.69) is 35.8 Å². The molecule has 3 rings (SSSR count). The van der Waals surface area contributed by atoms with Crippen molar-refractivity contribution in [2.45, 2.75) is 26.3 Å². The molecular formula is C17H19N7O. The zero-order valence-electron chi connectivity index (χ0n) is 14.2. The molecule has 128 valence electrons. The van der Waals surface area contributed by atoms with Crippen LogP contribution in [0.4, 0.5) is 11.6 Å². The van der Waals surface area contributed by atoms with E-state index in [0.717, 1.165) is 17.0 Å². The molecule has 3 aromatic rings. The first-order valence-corrected chi connectivity index (χ1v) is 7.78. The lowest BCUT2D eigenvalue weighted by Gasteiger charge is -2.28. The topological polar surface area (TPSA) is 108 Å². The third-order valence-corrected chi connectivity index (χ3v) is 3.85. The molecule has 0 saturated carbocycles. The number of amides is 1. The number of H-pyrrole nitrogens is 1. The minimum absolute atomic E-state index is 0.461. The van der Waals surface area contributed by atoms with Crippen LogP contribution >= 0.6 is 0 Å². The first kappa shape index (κ1) is 16.6. The normalized spacial score (nSPS) is 13.1. The fraction of sp³-hybridized carbons (Fsp3) is 0.235. The molecule has 8 heteroatoms. The van der Waals surface area contributed by atoms with Gasteiger partial charge in [0.05, 0.1) is 0 Å². The van der Waals surface area contributed by atoms with Gasteiger partial charge >= 0.3 is 0 Å². The highest BCUT2D eigenvalue weighted by molar-refractivity contribution is 5.54. The first-order valence-electron chi connectivity index (χ1n) is 7.78. The highest BCUT2D eigenvalue weighted by Crippen LogP contribution is 2.27. The van der Waals surface area contributed by atoms with Crippen LogP contribution in [0, 0.1) is 13.8 Å². The van der Waals surface area contributed by atoms with Crippen LogP contribution in [0.3, 0.4) is 0 Å². The summed E-state index contributed by atoms with van der Waals surface area (Å²) in [4.78, 5) is 24.4. The van der Waals surface area contributed by atoms with Gasteiger partial charge in [-0.1, -0.05) is 6.07 Å². The van der Waals surface area contributed by atoms with Gasteiger partial charge in [-0.2, -0.15) is 5.10 Å². The number of aryl methyl sites for hydroxylation is 2. The van der Waals surface area contributed by atoms with Crippen LogP contribution in [-0.4, -0.2) is 31.6 Å². The Kier molecular flexibility index (Phi) is 4.42. The summed E-state index contributed by atoms with van der Waals surface area (Å²) in [5, 5.41) is 13.0. The highest BCUT2D eigenvalue weighted by atomic mass is 16.1. The molecule has 3 N–H and O–H groups in total. The quantitative estimate of drug-likeness (QED) is 0.593. The molecule has 0 aliphatic heterocycles. The Morgan fingerprint density at radius 1 is 1.20 bits per heavy atom. The van der Waals surface area contributed by atoms with Crippen LogP contribution in [-0.2, 0) is 10.3 Å². The number of carbonyl (C=O) groups excluding carboxylic acids is 1. The zero-order valence-corrected chi connectivity index (χ0v) is 14.2. The number of nitrogens with zero attached hydrogens (tertiary/aromatic N) is 4. The van der Waals surface area contributed by atoms with Gasteiger partial charge in [0.25, 0.3) is 0 Å². The van der Waals surface area contributed by atoms with Gasteiger partial charge in [-0.15, -0.1) is 0 Å². The maximum absolute atomic E-state index is 11.2. The molecule has 0 aliphatic rings. The van der Waals surface area contributed by atoms with Crippen LogP contribution in [0.2, 0.25) is 0 Å². The Bertz CT molecular complexity index is 878. The average Bonchev–Trinajstić information content (AvgIpc) is 3.00. The molecule has 0 unspecified atom stereocenters. The number of hydrogen-bond donors (Lipinski definition) is 3. The number of rotatable bonds is 6. The lowest BCUT2D eigenvalue weighted by Crippen LogP contribution is -2.41. The van der Waals surface area contributed by atoms with Crippen LogP contribution < -0.4 is 10.6 Å². The second-order valence-corrected chi connectivity index (χ2v) is 5.91. The van der Waals surface area contributed by atoms with Crippen molar-refractivity contribution in [3.63, 3.8) is 0 Å². The Morgan fingerprint density at radius 3 is 2.68 bits per heavy atom. The van der Waals surface area contributed by atoms with Gasteiger partial charge in [0.1, 0.15) is 11.4 Å². The van der Waals surface area contributed by atoms with Crippen LogP contribution in [0.25, 0.3) is 0 Å². The second kappa shape index (κ2) is 6.68. The molecule has 3 aromatic heterocycles. The first-order chi connectivity index (χ1) is 12.0. The van der Waals surface area contributed by atoms with Gasteiger partial charge < -0.3 is 10.6 Å². The van der Waals surface area contributed by atoms with Crippen molar-refractivity contribution in [2.24, 2.45) is 0 Å². The predicted octanol–water partition coefficient (Wildman–Crippen LogP) is 1.96. The maximum Gasteiger partial charge on any atom is 0.208 e. The number of carbonyl (C=O) groups is 1. The van der Waals surface area contributed by atoms with Gasteiger partial charge in [-0.05, 0) is 26.8 Å². The van der Waals surface area contributed by atoms with E-state index in [1.54, 1.807) is 12.4 Å². The zero-order chi connectivity index (χ0) is 17.9.